The highest BCUT2D eigenvalue weighted by molar-refractivity contribution is 5.40. The van der Waals surface area contributed by atoms with Crippen molar-refractivity contribution in [2.75, 3.05) is 14.2 Å². The number of aryl methyl sites for hydroxylation is 1. The topological polar surface area (TPSA) is 48.3 Å². The Kier molecular flexibility index (Phi) is 5.01. The van der Waals surface area contributed by atoms with Crippen LogP contribution in [0.25, 0.3) is 0 Å². The van der Waals surface area contributed by atoms with Gasteiger partial charge in [-0.3, -0.25) is 4.68 Å². The minimum absolute atomic E-state index is 0.517. The normalized spacial score (nSPS) is 10.6. The third-order valence-electron chi connectivity index (χ3n) is 3.04. The summed E-state index contributed by atoms with van der Waals surface area (Å²) < 4.78 is 13.0. The Bertz CT molecular complexity index is 552. The Morgan fingerprint density at radius 2 is 2.20 bits per heavy atom. The second kappa shape index (κ2) is 6.96. The number of aromatic nitrogens is 2. The third kappa shape index (κ3) is 3.51. The largest absolute Gasteiger partial charge is 0.497 e. The Morgan fingerprint density at radius 3 is 2.85 bits per heavy atom. The van der Waals surface area contributed by atoms with Crippen molar-refractivity contribution in [1.82, 2.24) is 15.1 Å². The lowest BCUT2D eigenvalue weighted by Gasteiger charge is -2.12. The summed E-state index contributed by atoms with van der Waals surface area (Å²) in [5.41, 5.74) is 2.15. The van der Waals surface area contributed by atoms with E-state index in [9.17, 15) is 0 Å². The summed E-state index contributed by atoms with van der Waals surface area (Å²) in [6, 6.07) is 5.83. The second-order valence-corrected chi connectivity index (χ2v) is 4.50. The van der Waals surface area contributed by atoms with Crippen molar-refractivity contribution in [1.29, 1.82) is 0 Å². The molecule has 1 heterocycles. The van der Waals surface area contributed by atoms with E-state index in [-0.39, 0.29) is 0 Å². The summed E-state index contributed by atoms with van der Waals surface area (Å²) in [6.07, 6.45) is 3.84. The van der Waals surface area contributed by atoms with E-state index in [2.05, 4.69) is 17.3 Å². The zero-order valence-electron chi connectivity index (χ0n) is 12.2. The molecule has 0 aliphatic carbocycles. The number of nitrogens with one attached hydrogen (secondary N) is 1. The van der Waals surface area contributed by atoms with Crippen molar-refractivity contribution in [3.05, 3.63) is 41.7 Å². The number of rotatable bonds is 7. The molecule has 0 bridgehead atoms. The lowest BCUT2D eigenvalue weighted by molar-refractivity contribution is 0.301. The van der Waals surface area contributed by atoms with Crippen LogP contribution < -0.4 is 14.8 Å². The predicted octanol–water partition coefficient (Wildman–Crippen LogP) is 2.21. The van der Waals surface area contributed by atoms with Crippen molar-refractivity contribution in [3.63, 3.8) is 0 Å². The highest BCUT2D eigenvalue weighted by Crippen LogP contribution is 2.24. The Labute approximate surface area is 119 Å². The predicted molar refractivity (Wildman–Crippen MR) is 78.0 cm³/mol. The minimum atomic E-state index is 0.517. The molecule has 0 aliphatic heterocycles. The summed E-state index contributed by atoms with van der Waals surface area (Å²) in [5.74, 6) is 1.70. The van der Waals surface area contributed by atoms with Gasteiger partial charge in [0.1, 0.15) is 18.1 Å². The van der Waals surface area contributed by atoms with Gasteiger partial charge in [-0.15, -0.1) is 0 Å². The van der Waals surface area contributed by atoms with Crippen molar-refractivity contribution in [2.24, 2.45) is 0 Å². The molecule has 1 aromatic carbocycles. The standard InChI is InChI=1S/C15H21N3O2/c1-4-18-10-12(8-17-18)11-20-15-6-5-14(19-3)7-13(15)9-16-2/h5-8,10,16H,4,9,11H2,1-3H3. The minimum Gasteiger partial charge on any atom is -0.497 e. The fraction of sp³-hybridized carbons (Fsp3) is 0.400. The molecule has 1 N–H and O–H groups in total. The van der Waals surface area contributed by atoms with Crippen LogP contribution in [0.5, 0.6) is 11.5 Å². The monoisotopic (exact) mass is 275 g/mol. The zero-order chi connectivity index (χ0) is 14.4. The molecule has 20 heavy (non-hydrogen) atoms. The lowest BCUT2D eigenvalue weighted by atomic mass is 10.2. The van der Waals surface area contributed by atoms with Gasteiger partial charge in [0, 0.05) is 30.4 Å². The average Bonchev–Trinajstić information content (AvgIpc) is 2.94. The molecule has 0 radical (unpaired) electrons. The molecule has 0 unspecified atom stereocenters. The van der Waals surface area contributed by atoms with Crippen LogP contribution in [0.2, 0.25) is 0 Å². The maximum atomic E-state index is 5.88. The van der Waals surface area contributed by atoms with E-state index >= 15 is 0 Å². The second-order valence-electron chi connectivity index (χ2n) is 4.50. The summed E-state index contributed by atoms with van der Waals surface area (Å²) in [5, 5.41) is 7.37. The van der Waals surface area contributed by atoms with Crippen LogP contribution in [0.4, 0.5) is 0 Å². The van der Waals surface area contributed by atoms with Crippen molar-refractivity contribution >= 4 is 0 Å². The van der Waals surface area contributed by atoms with E-state index in [0.29, 0.717) is 6.61 Å². The third-order valence-corrected chi connectivity index (χ3v) is 3.04. The van der Waals surface area contributed by atoms with Crippen LogP contribution in [0.3, 0.4) is 0 Å². The first-order valence-corrected chi connectivity index (χ1v) is 6.72. The Balaban J connectivity index is 2.07. The van der Waals surface area contributed by atoms with Crippen molar-refractivity contribution < 1.29 is 9.47 Å². The van der Waals surface area contributed by atoms with Crippen LogP contribution in [-0.4, -0.2) is 23.9 Å². The number of hydrogen-bond donors (Lipinski definition) is 1. The van der Waals surface area contributed by atoms with Crippen LogP contribution in [-0.2, 0) is 19.7 Å². The van der Waals surface area contributed by atoms with E-state index in [1.807, 2.05) is 42.3 Å². The molecule has 108 valence electrons. The average molecular weight is 275 g/mol. The fourth-order valence-electron chi connectivity index (χ4n) is 1.97. The SMILES string of the molecule is CCn1cc(COc2ccc(OC)cc2CNC)cn1. The van der Waals surface area contributed by atoms with Crippen molar-refractivity contribution in [3.8, 4) is 11.5 Å². The molecule has 5 heteroatoms. The van der Waals surface area contributed by atoms with E-state index in [1.165, 1.54) is 0 Å². The van der Waals surface area contributed by atoms with Gasteiger partial charge in [0.2, 0.25) is 0 Å². The molecule has 5 nitrogen and oxygen atoms in total. The quantitative estimate of drug-likeness (QED) is 0.841. The molecule has 0 atom stereocenters. The van der Waals surface area contributed by atoms with Gasteiger partial charge >= 0.3 is 0 Å². The highest BCUT2D eigenvalue weighted by Gasteiger charge is 2.06. The van der Waals surface area contributed by atoms with Crippen molar-refractivity contribution in [2.45, 2.75) is 26.6 Å². The summed E-state index contributed by atoms with van der Waals surface area (Å²) in [4.78, 5) is 0. The van der Waals surface area contributed by atoms with E-state index < -0.39 is 0 Å². The maximum absolute atomic E-state index is 5.88. The van der Waals surface area contributed by atoms with Gasteiger partial charge in [0.15, 0.2) is 0 Å². The lowest BCUT2D eigenvalue weighted by Crippen LogP contribution is -2.07. The number of ether oxygens (including phenoxy) is 2. The summed E-state index contributed by atoms with van der Waals surface area (Å²) >= 11 is 0. The highest BCUT2D eigenvalue weighted by atomic mass is 16.5. The summed E-state index contributed by atoms with van der Waals surface area (Å²) in [6.45, 7) is 4.18. The molecule has 2 rings (SSSR count). The van der Waals surface area contributed by atoms with E-state index in [4.69, 9.17) is 9.47 Å². The molecular formula is C15H21N3O2. The zero-order valence-corrected chi connectivity index (χ0v) is 12.2. The van der Waals surface area contributed by atoms with E-state index in [0.717, 1.165) is 35.7 Å². The van der Waals surface area contributed by atoms with Gasteiger partial charge in [0.05, 0.1) is 13.3 Å². The fourth-order valence-corrected chi connectivity index (χ4v) is 1.97. The van der Waals surface area contributed by atoms with Crippen LogP contribution in [0, 0.1) is 0 Å². The number of nitrogens with zero attached hydrogens (tertiary/aromatic N) is 2. The molecule has 0 saturated heterocycles. The van der Waals surface area contributed by atoms with Gasteiger partial charge in [-0.25, -0.2) is 0 Å². The number of hydrogen-bond acceptors (Lipinski definition) is 4. The van der Waals surface area contributed by atoms with E-state index in [1.54, 1.807) is 7.11 Å². The Hall–Kier alpha value is -2.01. The van der Waals surface area contributed by atoms with Gasteiger partial charge in [0.25, 0.3) is 0 Å². The van der Waals surface area contributed by atoms with Gasteiger partial charge in [-0.1, -0.05) is 0 Å². The maximum Gasteiger partial charge on any atom is 0.124 e. The summed E-state index contributed by atoms with van der Waals surface area (Å²) in [7, 11) is 3.58. The molecule has 0 spiro atoms. The molecule has 0 amide bonds. The molecule has 0 fully saturated rings. The van der Waals surface area contributed by atoms with Gasteiger partial charge in [-0.2, -0.15) is 5.10 Å². The molecule has 0 aliphatic rings. The van der Waals surface area contributed by atoms with Gasteiger partial charge in [-0.05, 0) is 32.2 Å². The van der Waals surface area contributed by atoms with Crippen LogP contribution >= 0.6 is 0 Å². The first-order chi connectivity index (χ1) is 9.76. The smallest absolute Gasteiger partial charge is 0.124 e. The molecular weight excluding hydrogens is 254 g/mol. The molecule has 2 aromatic rings. The van der Waals surface area contributed by atoms with Crippen LogP contribution in [0.15, 0.2) is 30.6 Å². The number of methoxy groups -OCH3 is 1. The van der Waals surface area contributed by atoms with Crippen LogP contribution in [0.1, 0.15) is 18.1 Å². The molecule has 0 saturated carbocycles. The first-order valence-electron chi connectivity index (χ1n) is 6.72. The number of benzene rings is 1. The van der Waals surface area contributed by atoms with Gasteiger partial charge < -0.3 is 14.8 Å². The first kappa shape index (κ1) is 14.4. The molecule has 1 aromatic heterocycles. The Morgan fingerprint density at radius 1 is 1.35 bits per heavy atom.